The minimum atomic E-state index is -3.73. The summed E-state index contributed by atoms with van der Waals surface area (Å²) in [5.41, 5.74) is 0.0375. The van der Waals surface area contributed by atoms with E-state index in [0.717, 1.165) is 38.5 Å². The molecule has 25 heavy (non-hydrogen) atoms. The minimum Gasteiger partial charge on any atom is -0.478 e. The summed E-state index contributed by atoms with van der Waals surface area (Å²) in [5.74, 6) is -1.15. The van der Waals surface area contributed by atoms with Crippen LogP contribution in [0.2, 0.25) is 0 Å². The average molecular weight is 368 g/mol. The zero-order valence-corrected chi connectivity index (χ0v) is 15.9. The van der Waals surface area contributed by atoms with Crippen LogP contribution in [0.15, 0.2) is 23.1 Å². The lowest BCUT2D eigenvalue weighted by Gasteiger charge is -2.24. The van der Waals surface area contributed by atoms with Crippen molar-refractivity contribution in [2.75, 3.05) is 5.32 Å². The van der Waals surface area contributed by atoms with Gasteiger partial charge in [-0.25, -0.2) is 17.9 Å². The highest BCUT2D eigenvalue weighted by Crippen LogP contribution is 2.25. The van der Waals surface area contributed by atoms with Gasteiger partial charge in [0.05, 0.1) is 10.5 Å². The van der Waals surface area contributed by atoms with E-state index in [1.54, 1.807) is 0 Å². The fourth-order valence-electron chi connectivity index (χ4n) is 3.07. The van der Waals surface area contributed by atoms with E-state index in [2.05, 4.69) is 10.0 Å². The summed E-state index contributed by atoms with van der Waals surface area (Å²) < 4.78 is 28.1. The van der Waals surface area contributed by atoms with Gasteiger partial charge in [-0.05, 0) is 51.8 Å². The Bertz CT molecular complexity index is 715. The van der Waals surface area contributed by atoms with Crippen molar-refractivity contribution in [3.8, 4) is 0 Å². The molecule has 1 aliphatic carbocycles. The largest absolute Gasteiger partial charge is 0.478 e. The van der Waals surface area contributed by atoms with E-state index in [9.17, 15) is 18.3 Å². The maximum absolute atomic E-state index is 12.7. The molecule has 0 amide bonds. The topological polar surface area (TPSA) is 95.5 Å². The van der Waals surface area contributed by atoms with E-state index in [4.69, 9.17) is 0 Å². The van der Waals surface area contributed by atoms with E-state index in [1.165, 1.54) is 18.2 Å². The van der Waals surface area contributed by atoms with Crippen molar-refractivity contribution in [1.82, 2.24) is 4.72 Å². The molecular weight excluding hydrogens is 340 g/mol. The van der Waals surface area contributed by atoms with E-state index < -0.39 is 16.0 Å². The van der Waals surface area contributed by atoms with Crippen molar-refractivity contribution in [2.45, 2.75) is 75.8 Å². The molecule has 0 spiro atoms. The molecule has 0 aliphatic heterocycles. The quantitative estimate of drug-likeness (QED) is 0.690. The summed E-state index contributed by atoms with van der Waals surface area (Å²) in [4.78, 5) is 11.6. The molecule has 1 saturated carbocycles. The van der Waals surface area contributed by atoms with E-state index >= 15 is 0 Å². The van der Waals surface area contributed by atoms with Gasteiger partial charge in [0.2, 0.25) is 10.0 Å². The minimum absolute atomic E-state index is 0.00592. The number of nitrogens with one attached hydrogen (secondary N) is 2. The molecule has 1 aliphatic rings. The summed E-state index contributed by atoms with van der Waals surface area (Å²) in [5, 5.41) is 12.6. The number of aromatic carboxylic acids is 1. The van der Waals surface area contributed by atoms with Crippen LogP contribution in [0.4, 0.5) is 5.69 Å². The van der Waals surface area contributed by atoms with Gasteiger partial charge in [0.1, 0.15) is 0 Å². The second-order valence-corrected chi connectivity index (χ2v) is 9.41. The van der Waals surface area contributed by atoms with Crippen LogP contribution in [-0.4, -0.2) is 31.1 Å². The van der Waals surface area contributed by atoms with Gasteiger partial charge in [-0.3, -0.25) is 0 Å². The van der Waals surface area contributed by atoms with Crippen molar-refractivity contribution < 1.29 is 18.3 Å². The Kier molecular flexibility index (Phi) is 6.11. The highest BCUT2D eigenvalue weighted by molar-refractivity contribution is 7.89. The monoisotopic (exact) mass is 368 g/mol. The smallest absolute Gasteiger partial charge is 0.337 e. The van der Waals surface area contributed by atoms with Gasteiger partial charge in [-0.15, -0.1) is 0 Å². The predicted molar refractivity (Wildman–Crippen MR) is 98.6 cm³/mol. The highest BCUT2D eigenvalue weighted by Gasteiger charge is 2.24. The third kappa shape index (κ3) is 5.71. The van der Waals surface area contributed by atoms with Gasteiger partial charge in [0.15, 0.2) is 0 Å². The SMILES string of the molecule is CC(C)(C)Nc1ccc(S(=O)(=O)NC2CCCCCC2)cc1C(=O)O. The zero-order chi connectivity index (χ0) is 18.7. The Balaban J connectivity index is 2.28. The Labute approximate surface area is 150 Å². The summed E-state index contributed by atoms with van der Waals surface area (Å²) in [6.07, 6.45) is 5.95. The molecular formula is C18H28N2O4S. The van der Waals surface area contributed by atoms with Gasteiger partial charge < -0.3 is 10.4 Å². The molecule has 1 aromatic carbocycles. The number of carboxylic acids is 1. The number of benzene rings is 1. The third-order valence-electron chi connectivity index (χ3n) is 4.22. The molecule has 140 valence electrons. The first-order valence-corrected chi connectivity index (χ1v) is 10.2. The Hall–Kier alpha value is -1.60. The Morgan fingerprint density at radius 2 is 1.72 bits per heavy atom. The lowest BCUT2D eigenvalue weighted by molar-refractivity contribution is 0.0697. The maximum atomic E-state index is 12.7. The molecule has 0 saturated heterocycles. The van der Waals surface area contributed by atoms with Gasteiger partial charge in [0.25, 0.3) is 0 Å². The summed E-state index contributed by atoms with van der Waals surface area (Å²) in [7, 11) is -3.73. The van der Waals surface area contributed by atoms with Crippen molar-refractivity contribution in [1.29, 1.82) is 0 Å². The van der Waals surface area contributed by atoms with Gasteiger partial charge in [-0.1, -0.05) is 25.7 Å². The number of anilines is 1. The van der Waals surface area contributed by atoms with Crippen LogP contribution in [0.1, 0.15) is 69.7 Å². The fraction of sp³-hybridized carbons (Fsp3) is 0.611. The van der Waals surface area contributed by atoms with Gasteiger partial charge in [-0.2, -0.15) is 0 Å². The molecule has 0 bridgehead atoms. The highest BCUT2D eigenvalue weighted by atomic mass is 32.2. The van der Waals surface area contributed by atoms with Crippen LogP contribution < -0.4 is 10.0 Å². The van der Waals surface area contributed by atoms with Crippen molar-refractivity contribution in [3.05, 3.63) is 23.8 Å². The molecule has 0 aromatic heterocycles. The zero-order valence-electron chi connectivity index (χ0n) is 15.1. The first kappa shape index (κ1) is 19.7. The van der Waals surface area contributed by atoms with E-state index in [1.807, 2.05) is 20.8 Å². The summed E-state index contributed by atoms with van der Waals surface area (Å²) in [6, 6.07) is 4.14. The molecule has 0 atom stereocenters. The Morgan fingerprint density at radius 3 is 2.24 bits per heavy atom. The second kappa shape index (κ2) is 7.74. The Morgan fingerprint density at radius 1 is 1.12 bits per heavy atom. The van der Waals surface area contributed by atoms with Crippen LogP contribution in [-0.2, 0) is 10.0 Å². The molecule has 0 radical (unpaired) electrons. The number of hydrogen-bond donors (Lipinski definition) is 3. The second-order valence-electron chi connectivity index (χ2n) is 7.70. The first-order valence-electron chi connectivity index (χ1n) is 8.76. The molecule has 0 unspecified atom stereocenters. The van der Waals surface area contributed by atoms with Crippen molar-refractivity contribution >= 4 is 21.7 Å². The van der Waals surface area contributed by atoms with Crippen LogP contribution >= 0.6 is 0 Å². The molecule has 6 nitrogen and oxygen atoms in total. The number of carbonyl (C=O) groups is 1. The lowest BCUT2D eigenvalue weighted by atomic mass is 10.1. The van der Waals surface area contributed by atoms with E-state index in [0.29, 0.717) is 5.69 Å². The average Bonchev–Trinajstić information content (AvgIpc) is 2.73. The molecule has 3 N–H and O–H groups in total. The molecule has 1 fully saturated rings. The molecule has 7 heteroatoms. The van der Waals surface area contributed by atoms with Crippen LogP contribution in [0.25, 0.3) is 0 Å². The molecule has 0 heterocycles. The standard InChI is InChI=1S/C18H28N2O4S/c1-18(2,3)19-16-11-10-14(12-15(16)17(21)22)25(23,24)20-13-8-6-4-5-7-9-13/h10-13,19-20H,4-9H2,1-3H3,(H,21,22). The van der Waals surface area contributed by atoms with Crippen molar-refractivity contribution in [3.63, 3.8) is 0 Å². The molecule has 1 aromatic rings. The number of sulfonamides is 1. The normalized spacial score (nSPS) is 17.1. The van der Waals surface area contributed by atoms with E-state index in [-0.39, 0.29) is 22.0 Å². The predicted octanol–water partition coefficient (Wildman–Crippen LogP) is 3.60. The van der Waals surface area contributed by atoms with Gasteiger partial charge in [0, 0.05) is 17.3 Å². The number of hydrogen-bond acceptors (Lipinski definition) is 4. The fourth-order valence-corrected chi connectivity index (χ4v) is 4.40. The first-order chi connectivity index (χ1) is 11.6. The summed E-state index contributed by atoms with van der Waals surface area (Å²) >= 11 is 0. The third-order valence-corrected chi connectivity index (χ3v) is 5.74. The van der Waals surface area contributed by atoms with Crippen molar-refractivity contribution in [2.24, 2.45) is 0 Å². The number of carboxylic acid groups (broad SMARTS) is 1. The lowest BCUT2D eigenvalue weighted by Crippen LogP contribution is -2.34. The van der Waals surface area contributed by atoms with Crippen LogP contribution in [0.5, 0.6) is 0 Å². The maximum Gasteiger partial charge on any atom is 0.337 e. The number of rotatable bonds is 5. The molecule has 2 rings (SSSR count). The van der Waals surface area contributed by atoms with Crippen LogP contribution in [0, 0.1) is 0 Å². The van der Waals surface area contributed by atoms with Crippen LogP contribution in [0.3, 0.4) is 0 Å². The van der Waals surface area contributed by atoms with Gasteiger partial charge >= 0.3 is 5.97 Å². The summed E-state index contributed by atoms with van der Waals surface area (Å²) in [6.45, 7) is 5.74.